The Morgan fingerprint density at radius 1 is 1.44 bits per heavy atom. The van der Waals surface area contributed by atoms with Crippen LogP contribution in [0.3, 0.4) is 0 Å². The maximum atomic E-state index is 5.14. The van der Waals surface area contributed by atoms with Crippen LogP contribution in [0.2, 0.25) is 0 Å². The van der Waals surface area contributed by atoms with E-state index in [4.69, 9.17) is 6.58 Å². The second-order valence-electron chi connectivity index (χ2n) is 1.73. The van der Waals surface area contributed by atoms with Crippen LogP contribution >= 0.6 is 13.6 Å². The predicted octanol–water partition coefficient (Wildman–Crippen LogP) is 3.40. The van der Waals surface area contributed by atoms with Crippen LogP contribution in [-0.2, 0) is 16.3 Å². The first-order chi connectivity index (χ1) is 4.41. The quantitative estimate of drug-likeness (QED) is 0.403. The first-order valence-corrected chi connectivity index (χ1v) is 10.2. The third-order valence-electron chi connectivity index (χ3n) is 0.974. The second kappa shape index (κ2) is 15.9. The van der Waals surface area contributed by atoms with Gasteiger partial charge >= 0.3 is 30.0 Å². The number of hydrogen-bond donors (Lipinski definition) is 0. The van der Waals surface area contributed by atoms with Gasteiger partial charge in [-0.15, -0.1) is 0 Å². The molecule has 0 radical (unpaired) electrons. The summed E-state index contributed by atoms with van der Waals surface area (Å²) in [6.07, 6.45) is 6.66. The third kappa shape index (κ3) is 17.7. The molecule has 0 aromatic heterocycles. The normalized spacial score (nSPS) is 7.56. The molecule has 0 aromatic carbocycles. The van der Waals surface area contributed by atoms with Gasteiger partial charge in [-0.3, -0.25) is 6.08 Å². The summed E-state index contributed by atoms with van der Waals surface area (Å²) in [4.78, 5) is 0. The maximum absolute atomic E-state index is 5.14. The van der Waals surface area contributed by atoms with Crippen molar-refractivity contribution in [2.45, 2.75) is 32.6 Å². The molecule has 0 aliphatic carbocycles. The number of allylic oxidation sites excluding steroid dienone is 1. The molecular formula is C7H13BrZn. The van der Waals surface area contributed by atoms with Crippen LogP contribution in [0.1, 0.15) is 32.6 Å². The monoisotopic (exact) mass is 240 g/mol. The van der Waals surface area contributed by atoms with Gasteiger partial charge in [0.15, 0.2) is 0 Å². The van der Waals surface area contributed by atoms with Gasteiger partial charge in [0.25, 0.3) is 0 Å². The fourth-order valence-electron chi connectivity index (χ4n) is 0.512. The Balaban J connectivity index is 0. The minimum absolute atomic E-state index is 1.08. The van der Waals surface area contributed by atoms with Gasteiger partial charge in [-0.2, -0.15) is 0 Å². The van der Waals surface area contributed by atoms with E-state index in [-0.39, 0.29) is 0 Å². The molecule has 0 amide bonds. The summed E-state index contributed by atoms with van der Waals surface area (Å²) in [5, 5.41) is 0. The summed E-state index contributed by atoms with van der Waals surface area (Å²) in [6, 6.07) is 0. The van der Waals surface area contributed by atoms with Gasteiger partial charge in [0.05, 0.1) is 0 Å². The summed E-state index contributed by atoms with van der Waals surface area (Å²) < 4.78 is 0. The molecule has 0 unspecified atom stereocenters. The van der Waals surface area contributed by atoms with E-state index in [1.54, 1.807) is 6.08 Å². The van der Waals surface area contributed by atoms with Gasteiger partial charge in [0, 0.05) is 0 Å². The number of rotatable bonds is 4. The molecule has 0 heterocycles. The van der Waals surface area contributed by atoms with Crippen LogP contribution in [-0.4, -0.2) is 0 Å². The van der Waals surface area contributed by atoms with E-state index < -0.39 is 0 Å². The Hall–Kier alpha value is 0.843. The van der Waals surface area contributed by atoms with Crippen LogP contribution in [0, 0.1) is 6.58 Å². The van der Waals surface area contributed by atoms with E-state index in [1.165, 1.54) is 35.6 Å². The van der Waals surface area contributed by atoms with Crippen LogP contribution in [0.15, 0.2) is 6.08 Å². The molecule has 0 aliphatic rings. The van der Waals surface area contributed by atoms with Crippen LogP contribution in [0.25, 0.3) is 0 Å². The molecule has 0 bridgehead atoms. The van der Waals surface area contributed by atoms with Crippen molar-refractivity contribution in [3.63, 3.8) is 0 Å². The molecule has 0 saturated carbocycles. The van der Waals surface area contributed by atoms with Gasteiger partial charge in [-0.1, -0.05) is 32.6 Å². The van der Waals surface area contributed by atoms with E-state index in [1.807, 2.05) is 0 Å². The van der Waals surface area contributed by atoms with E-state index in [0.29, 0.717) is 0 Å². The molecule has 2 heteroatoms. The Bertz CT molecular complexity index is 46.2. The van der Waals surface area contributed by atoms with Gasteiger partial charge in [0.1, 0.15) is 0 Å². The summed E-state index contributed by atoms with van der Waals surface area (Å²) in [7, 11) is 0. The third-order valence-corrected chi connectivity index (χ3v) is 0.974. The SMILES string of the molecule is [CH-]=CCCCCC.[Zn+][Br]. The zero-order valence-electron chi connectivity index (χ0n) is 6.07. The van der Waals surface area contributed by atoms with Crippen LogP contribution in [0.4, 0.5) is 0 Å². The molecule has 0 aliphatic heterocycles. The summed E-state index contributed by atoms with van der Waals surface area (Å²) in [6.45, 7) is 7.34. The van der Waals surface area contributed by atoms with Gasteiger partial charge in [-0.25, -0.2) is 0 Å². The Morgan fingerprint density at radius 2 is 2.00 bits per heavy atom. The fourth-order valence-corrected chi connectivity index (χ4v) is 0.512. The molecule has 50 valence electrons. The Morgan fingerprint density at radius 3 is 2.33 bits per heavy atom. The van der Waals surface area contributed by atoms with Crippen molar-refractivity contribution >= 4 is 13.6 Å². The Kier molecular flexibility index (Phi) is 22.2. The van der Waals surface area contributed by atoms with E-state index >= 15 is 0 Å². The molecule has 0 rings (SSSR count). The first-order valence-electron chi connectivity index (χ1n) is 3.22. The van der Waals surface area contributed by atoms with Crippen molar-refractivity contribution in [3.05, 3.63) is 12.7 Å². The summed E-state index contributed by atoms with van der Waals surface area (Å²) >= 11 is 4.25. The second-order valence-corrected chi connectivity index (χ2v) is 1.73. The van der Waals surface area contributed by atoms with Gasteiger partial charge in [-0.05, 0) is 0 Å². The van der Waals surface area contributed by atoms with Crippen molar-refractivity contribution in [1.82, 2.24) is 0 Å². The van der Waals surface area contributed by atoms with E-state index in [0.717, 1.165) is 6.42 Å². The zero-order valence-corrected chi connectivity index (χ0v) is 10.6. The molecule has 0 spiro atoms. The molecule has 0 N–H and O–H groups in total. The molecule has 9 heavy (non-hydrogen) atoms. The van der Waals surface area contributed by atoms with Crippen molar-refractivity contribution in [1.29, 1.82) is 0 Å². The van der Waals surface area contributed by atoms with Gasteiger partial charge in [0.2, 0.25) is 0 Å². The average molecular weight is 242 g/mol. The molecule has 0 fully saturated rings. The molecular weight excluding hydrogens is 229 g/mol. The van der Waals surface area contributed by atoms with Crippen LogP contribution in [0.5, 0.6) is 0 Å². The average Bonchev–Trinajstić information content (AvgIpc) is 1.94. The zero-order chi connectivity index (χ0) is 7.54. The topological polar surface area (TPSA) is 0 Å². The number of halogens is 1. The molecule has 0 aromatic rings. The summed E-state index contributed by atoms with van der Waals surface area (Å²) in [5.41, 5.74) is 0. The molecule has 0 atom stereocenters. The van der Waals surface area contributed by atoms with Gasteiger partial charge < -0.3 is 6.58 Å². The standard InChI is InChI=1S/C7H13.BrH.Zn/c1-3-5-7-6-4-2;;/h1,3H,4-7H2,2H3;1H;/q-1;;+2/p-1. The van der Waals surface area contributed by atoms with E-state index in [2.05, 4.69) is 20.5 Å². The summed E-state index contributed by atoms with van der Waals surface area (Å²) in [5.74, 6) is 0. The number of hydrogen-bond acceptors (Lipinski definition) is 0. The van der Waals surface area contributed by atoms with E-state index in [9.17, 15) is 0 Å². The van der Waals surface area contributed by atoms with Crippen molar-refractivity contribution in [3.8, 4) is 0 Å². The molecule has 0 saturated heterocycles. The van der Waals surface area contributed by atoms with Crippen molar-refractivity contribution in [2.75, 3.05) is 0 Å². The predicted molar refractivity (Wildman–Crippen MR) is 41.9 cm³/mol. The minimum atomic E-state index is 1.08. The van der Waals surface area contributed by atoms with Crippen molar-refractivity contribution in [2.24, 2.45) is 0 Å². The Labute approximate surface area is 75.1 Å². The fraction of sp³-hybridized carbons (Fsp3) is 0.714. The number of unbranched alkanes of at least 4 members (excludes halogenated alkanes) is 3. The van der Waals surface area contributed by atoms with Crippen LogP contribution < -0.4 is 0 Å². The molecule has 0 nitrogen and oxygen atoms in total. The van der Waals surface area contributed by atoms with Crippen molar-refractivity contribution < 1.29 is 16.3 Å². The first kappa shape index (κ1) is 12.5.